The summed E-state index contributed by atoms with van der Waals surface area (Å²) >= 11 is 3.43. The molecule has 1 saturated heterocycles. The molecule has 5 heteroatoms. The smallest absolute Gasteiger partial charge is 0.212 e. The van der Waals surface area contributed by atoms with E-state index in [-0.39, 0.29) is 11.3 Å². The first kappa shape index (κ1) is 12.8. The van der Waals surface area contributed by atoms with Crippen molar-refractivity contribution in [3.8, 4) is 0 Å². The fourth-order valence-electron chi connectivity index (χ4n) is 2.85. The topological polar surface area (TPSA) is 37.4 Å². The van der Waals surface area contributed by atoms with Crippen LogP contribution in [0.1, 0.15) is 44.9 Å². The van der Waals surface area contributed by atoms with Crippen molar-refractivity contribution in [1.29, 1.82) is 0 Å². The van der Waals surface area contributed by atoms with Crippen LogP contribution >= 0.6 is 15.9 Å². The number of rotatable bonds is 3. The Morgan fingerprint density at radius 3 is 2.38 bits per heavy atom. The van der Waals surface area contributed by atoms with Gasteiger partial charge < -0.3 is 0 Å². The van der Waals surface area contributed by atoms with Crippen molar-refractivity contribution in [2.24, 2.45) is 0 Å². The number of hydrogen-bond donors (Lipinski definition) is 0. The van der Waals surface area contributed by atoms with Crippen molar-refractivity contribution in [2.75, 3.05) is 11.9 Å². The maximum Gasteiger partial charge on any atom is 0.217 e. The maximum atomic E-state index is 12.5. The van der Waals surface area contributed by atoms with E-state index in [0.717, 1.165) is 50.4 Å². The Labute approximate surface area is 107 Å². The second-order valence-corrected chi connectivity index (χ2v) is 7.68. The summed E-state index contributed by atoms with van der Waals surface area (Å²) < 4.78 is 26.7. The van der Waals surface area contributed by atoms with Crippen LogP contribution in [0.3, 0.4) is 0 Å². The second kappa shape index (κ2) is 5.36. The van der Waals surface area contributed by atoms with Crippen molar-refractivity contribution in [3.05, 3.63) is 0 Å². The minimum atomic E-state index is -3.02. The van der Waals surface area contributed by atoms with Crippen molar-refractivity contribution in [3.63, 3.8) is 0 Å². The Bertz CT molecular complexity index is 325. The average molecular weight is 310 g/mol. The van der Waals surface area contributed by atoms with Gasteiger partial charge in [-0.05, 0) is 25.7 Å². The van der Waals surface area contributed by atoms with E-state index in [0.29, 0.717) is 0 Å². The Kier molecular flexibility index (Phi) is 4.30. The largest absolute Gasteiger partial charge is 0.217 e. The highest BCUT2D eigenvalue weighted by Crippen LogP contribution is 2.31. The third kappa shape index (κ3) is 2.46. The molecule has 0 N–H and O–H groups in total. The van der Waals surface area contributed by atoms with E-state index in [1.165, 1.54) is 6.42 Å². The second-order valence-electron chi connectivity index (χ2n) is 4.87. The van der Waals surface area contributed by atoms with Crippen molar-refractivity contribution in [1.82, 2.24) is 4.31 Å². The minimum absolute atomic E-state index is 0.0964. The van der Waals surface area contributed by atoms with E-state index in [4.69, 9.17) is 0 Å². The predicted molar refractivity (Wildman–Crippen MR) is 69.3 cm³/mol. The molecule has 16 heavy (non-hydrogen) atoms. The molecule has 0 spiro atoms. The molecule has 1 aliphatic heterocycles. The summed E-state index contributed by atoms with van der Waals surface area (Å²) in [4.78, 5) is 0. The van der Waals surface area contributed by atoms with E-state index in [1.807, 2.05) is 0 Å². The molecule has 3 nitrogen and oxygen atoms in total. The van der Waals surface area contributed by atoms with Gasteiger partial charge in [0, 0.05) is 17.9 Å². The van der Waals surface area contributed by atoms with Crippen molar-refractivity contribution < 1.29 is 8.42 Å². The summed E-state index contributed by atoms with van der Waals surface area (Å²) in [6.07, 6.45) is 7.13. The monoisotopic (exact) mass is 309 g/mol. The van der Waals surface area contributed by atoms with Gasteiger partial charge >= 0.3 is 0 Å². The molecule has 0 aromatic heterocycles. The van der Waals surface area contributed by atoms with Crippen LogP contribution in [0.4, 0.5) is 0 Å². The first-order valence-electron chi connectivity index (χ1n) is 6.23. The van der Waals surface area contributed by atoms with Gasteiger partial charge in [0.2, 0.25) is 10.0 Å². The molecule has 2 aliphatic rings. The lowest BCUT2D eigenvalue weighted by molar-refractivity contribution is 0.388. The Hall–Kier alpha value is 0.390. The fourth-order valence-corrected chi connectivity index (χ4v) is 6.01. The molecule has 0 radical (unpaired) electrons. The quantitative estimate of drug-likeness (QED) is 0.751. The predicted octanol–water partition coefficient (Wildman–Crippen LogP) is 2.51. The Morgan fingerprint density at radius 2 is 1.75 bits per heavy atom. The van der Waals surface area contributed by atoms with E-state index in [2.05, 4.69) is 15.9 Å². The van der Waals surface area contributed by atoms with Gasteiger partial charge in [-0.1, -0.05) is 35.2 Å². The zero-order chi connectivity index (χ0) is 11.6. The highest BCUT2D eigenvalue weighted by atomic mass is 79.9. The SMILES string of the molecule is O=S(=O)(C1CCCCC1)N1CCCC1CBr. The number of hydrogen-bond acceptors (Lipinski definition) is 2. The molecular weight excluding hydrogens is 290 g/mol. The molecule has 0 aromatic rings. The van der Waals surface area contributed by atoms with Crippen LogP contribution in [0.15, 0.2) is 0 Å². The molecule has 1 heterocycles. The van der Waals surface area contributed by atoms with Gasteiger partial charge in [0.05, 0.1) is 5.25 Å². The summed E-state index contributed by atoms with van der Waals surface area (Å²) in [5, 5.41) is 0.680. The van der Waals surface area contributed by atoms with Crippen molar-refractivity contribution in [2.45, 2.75) is 56.2 Å². The molecule has 1 unspecified atom stereocenters. The van der Waals surface area contributed by atoms with Crippen LogP contribution in [0, 0.1) is 0 Å². The molecule has 1 aliphatic carbocycles. The zero-order valence-electron chi connectivity index (χ0n) is 9.57. The average Bonchev–Trinajstić information content (AvgIpc) is 2.79. The van der Waals surface area contributed by atoms with Crippen LogP contribution in [0.5, 0.6) is 0 Å². The lowest BCUT2D eigenvalue weighted by atomic mass is 10.0. The Balaban J connectivity index is 2.11. The molecule has 0 amide bonds. The van der Waals surface area contributed by atoms with E-state index in [9.17, 15) is 8.42 Å². The van der Waals surface area contributed by atoms with E-state index >= 15 is 0 Å². The standard InChI is InChI=1S/C11H20BrNO2S/c12-9-10-5-4-8-13(10)16(14,15)11-6-2-1-3-7-11/h10-11H,1-9H2. The molecule has 1 saturated carbocycles. The lowest BCUT2D eigenvalue weighted by Gasteiger charge is -2.30. The summed E-state index contributed by atoms with van der Waals surface area (Å²) in [7, 11) is -3.02. The van der Waals surface area contributed by atoms with Crippen molar-refractivity contribution >= 4 is 26.0 Å². The van der Waals surface area contributed by atoms with Gasteiger partial charge in [0.15, 0.2) is 0 Å². The molecule has 0 aromatic carbocycles. The van der Waals surface area contributed by atoms with Gasteiger partial charge in [-0.25, -0.2) is 8.42 Å². The molecule has 2 rings (SSSR count). The van der Waals surface area contributed by atoms with E-state index in [1.54, 1.807) is 4.31 Å². The molecular formula is C11H20BrNO2S. The molecule has 1 atom stereocenters. The van der Waals surface area contributed by atoms with Gasteiger partial charge in [-0.15, -0.1) is 0 Å². The number of sulfonamides is 1. The zero-order valence-corrected chi connectivity index (χ0v) is 12.0. The highest BCUT2D eigenvalue weighted by Gasteiger charge is 2.38. The Morgan fingerprint density at radius 1 is 1.06 bits per heavy atom. The number of alkyl halides is 1. The lowest BCUT2D eigenvalue weighted by Crippen LogP contribution is -2.43. The number of nitrogens with zero attached hydrogens (tertiary/aromatic N) is 1. The van der Waals surface area contributed by atoms with Crippen LogP contribution in [0.25, 0.3) is 0 Å². The van der Waals surface area contributed by atoms with Gasteiger partial charge in [-0.2, -0.15) is 4.31 Å². The summed E-state index contributed by atoms with van der Waals surface area (Å²) in [6.45, 7) is 0.731. The first-order chi connectivity index (χ1) is 7.66. The number of halogens is 1. The van der Waals surface area contributed by atoms with E-state index < -0.39 is 10.0 Å². The molecule has 2 fully saturated rings. The third-order valence-electron chi connectivity index (χ3n) is 3.80. The fraction of sp³-hybridized carbons (Fsp3) is 1.00. The highest BCUT2D eigenvalue weighted by molar-refractivity contribution is 9.09. The molecule has 0 bridgehead atoms. The maximum absolute atomic E-state index is 12.5. The summed E-state index contributed by atoms with van der Waals surface area (Å²) in [5.74, 6) is 0. The summed E-state index contributed by atoms with van der Waals surface area (Å²) in [6, 6.07) is 0.201. The van der Waals surface area contributed by atoms with Crippen LogP contribution in [-0.2, 0) is 10.0 Å². The van der Waals surface area contributed by atoms with Gasteiger partial charge in [0.25, 0.3) is 0 Å². The van der Waals surface area contributed by atoms with Crippen LogP contribution in [-0.4, -0.2) is 35.9 Å². The van der Waals surface area contributed by atoms with Crippen LogP contribution < -0.4 is 0 Å². The van der Waals surface area contributed by atoms with Gasteiger partial charge in [-0.3, -0.25) is 0 Å². The van der Waals surface area contributed by atoms with Crippen LogP contribution in [0.2, 0.25) is 0 Å². The first-order valence-corrected chi connectivity index (χ1v) is 8.85. The minimum Gasteiger partial charge on any atom is -0.212 e. The summed E-state index contributed by atoms with van der Waals surface area (Å²) in [5.41, 5.74) is 0. The normalized spacial score (nSPS) is 29.7. The molecule has 94 valence electrons. The van der Waals surface area contributed by atoms with Gasteiger partial charge in [0.1, 0.15) is 0 Å². The third-order valence-corrected chi connectivity index (χ3v) is 7.00.